The lowest BCUT2D eigenvalue weighted by molar-refractivity contribution is -0.200. The van der Waals surface area contributed by atoms with Crippen molar-refractivity contribution in [2.75, 3.05) is 12.8 Å². The highest BCUT2D eigenvalue weighted by molar-refractivity contribution is 5.91. The van der Waals surface area contributed by atoms with Crippen LogP contribution < -0.4 is 16.1 Å². The maximum absolute atomic E-state index is 12.4. The van der Waals surface area contributed by atoms with Gasteiger partial charge in [-0.05, 0) is 12.1 Å². The molecule has 7 nitrogen and oxygen atoms in total. The van der Waals surface area contributed by atoms with E-state index < -0.39 is 29.2 Å². The number of hydrogen-bond acceptors (Lipinski definition) is 6. The fourth-order valence-corrected chi connectivity index (χ4v) is 1.93. The van der Waals surface area contributed by atoms with E-state index in [1.807, 2.05) is 0 Å². The van der Waals surface area contributed by atoms with Gasteiger partial charge in [-0.15, -0.1) is 4.73 Å². The van der Waals surface area contributed by atoms with Crippen LogP contribution in [-0.2, 0) is 9.53 Å². The van der Waals surface area contributed by atoms with Gasteiger partial charge < -0.3 is 15.3 Å². The lowest BCUT2D eigenvalue weighted by Crippen LogP contribution is -2.39. The minimum Gasteiger partial charge on any atom is -0.465 e. The molecule has 2 aromatic rings. The van der Waals surface area contributed by atoms with Crippen LogP contribution in [-0.4, -0.2) is 30.0 Å². The number of esters is 1. The second-order valence-corrected chi connectivity index (χ2v) is 4.73. The number of nitrogen functional groups attached to an aromatic ring is 1. The molecule has 0 atom stereocenters. The minimum absolute atomic E-state index is 0.0177. The molecule has 1 aromatic heterocycles. The number of para-hydroxylation sites is 1. The van der Waals surface area contributed by atoms with Crippen LogP contribution in [0.15, 0.2) is 41.3 Å². The monoisotopic (exact) mass is 356 g/mol. The number of halogens is 3. The lowest BCUT2D eigenvalue weighted by atomic mass is 10.0. The first-order chi connectivity index (χ1) is 11.6. The molecule has 0 aliphatic rings. The molecule has 0 saturated carbocycles. The van der Waals surface area contributed by atoms with Crippen molar-refractivity contribution in [3.05, 3.63) is 52.4 Å². The summed E-state index contributed by atoms with van der Waals surface area (Å²) in [6.45, 7) is 0. The summed E-state index contributed by atoms with van der Waals surface area (Å²) in [6, 6.07) is 7.29. The van der Waals surface area contributed by atoms with Crippen LogP contribution in [0.4, 0.5) is 18.9 Å². The van der Waals surface area contributed by atoms with Gasteiger partial charge in [0.25, 0.3) is 5.56 Å². The number of nitrogens with zero attached hydrogens (tertiary/aromatic N) is 1. The number of pyridine rings is 1. The Hall–Kier alpha value is -3.30. The second-order valence-electron chi connectivity index (χ2n) is 4.73. The topological polar surface area (TPSA) is 101 Å². The average molecular weight is 356 g/mol. The van der Waals surface area contributed by atoms with Crippen molar-refractivity contribution in [1.29, 1.82) is 0 Å². The smallest absolute Gasteiger partial charge is 0.465 e. The lowest BCUT2D eigenvalue weighted by Gasteiger charge is -2.13. The van der Waals surface area contributed by atoms with Crippen LogP contribution in [0.25, 0.3) is 11.1 Å². The van der Waals surface area contributed by atoms with Gasteiger partial charge in [0, 0.05) is 16.8 Å². The number of ether oxygens (including phenoxy) is 1. The molecule has 10 heteroatoms. The summed E-state index contributed by atoms with van der Waals surface area (Å²) in [7, 11) is 0.984. The largest absolute Gasteiger partial charge is 0.493 e. The van der Waals surface area contributed by atoms with E-state index in [-0.39, 0.29) is 16.0 Å². The summed E-state index contributed by atoms with van der Waals surface area (Å²) in [4.78, 5) is 38.8. The van der Waals surface area contributed by atoms with E-state index in [0.29, 0.717) is 5.56 Å². The van der Waals surface area contributed by atoms with Crippen molar-refractivity contribution in [1.82, 2.24) is 4.73 Å². The fraction of sp³-hybridized carbons (Fsp3) is 0.133. The number of aromatic nitrogens is 1. The average Bonchev–Trinajstić information content (AvgIpc) is 2.55. The Morgan fingerprint density at radius 2 is 1.84 bits per heavy atom. The predicted octanol–water partition coefficient (Wildman–Crippen LogP) is 1.40. The van der Waals surface area contributed by atoms with Crippen molar-refractivity contribution < 1.29 is 32.3 Å². The molecule has 2 rings (SSSR count). The number of rotatable bonds is 3. The van der Waals surface area contributed by atoms with E-state index in [0.717, 1.165) is 19.4 Å². The van der Waals surface area contributed by atoms with Crippen molar-refractivity contribution in [2.45, 2.75) is 6.18 Å². The molecule has 0 saturated heterocycles. The van der Waals surface area contributed by atoms with E-state index in [1.54, 1.807) is 12.1 Å². The third-order valence-electron chi connectivity index (χ3n) is 3.08. The quantitative estimate of drug-likeness (QED) is 0.659. The summed E-state index contributed by atoms with van der Waals surface area (Å²) >= 11 is 0. The van der Waals surface area contributed by atoms with Crippen LogP contribution in [0, 0.1) is 0 Å². The Bertz CT molecular complexity index is 889. The van der Waals surface area contributed by atoms with Crippen molar-refractivity contribution in [3.8, 4) is 11.1 Å². The maximum atomic E-state index is 12.4. The zero-order chi connectivity index (χ0) is 18.8. The van der Waals surface area contributed by atoms with Crippen molar-refractivity contribution in [3.63, 3.8) is 0 Å². The van der Waals surface area contributed by atoms with Crippen LogP contribution in [0.3, 0.4) is 0 Å². The van der Waals surface area contributed by atoms with Gasteiger partial charge in [0.15, 0.2) is 0 Å². The summed E-state index contributed by atoms with van der Waals surface area (Å²) < 4.78 is 41.6. The first-order valence-corrected chi connectivity index (χ1v) is 6.64. The molecule has 0 bridgehead atoms. The van der Waals surface area contributed by atoms with Gasteiger partial charge in [-0.2, -0.15) is 13.2 Å². The number of hydrogen-bond donors (Lipinski definition) is 1. The highest BCUT2D eigenvalue weighted by atomic mass is 19.4. The number of carbonyl (C=O) groups excluding carboxylic acids is 2. The van der Waals surface area contributed by atoms with Gasteiger partial charge in [-0.25, -0.2) is 9.59 Å². The van der Waals surface area contributed by atoms with Gasteiger partial charge >= 0.3 is 18.1 Å². The van der Waals surface area contributed by atoms with E-state index in [1.165, 1.54) is 12.1 Å². The van der Waals surface area contributed by atoms with Crippen LogP contribution in [0.5, 0.6) is 0 Å². The third-order valence-corrected chi connectivity index (χ3v) is 3.08. The highest BCUT2D eigenvalue weighted by Gasteiger charge is 2.42. The molecule has 0 aliphatic heterocycles. The van der Waals surface area contributed by atoms with E-state index in [4.69, 9.17) is 5.73 Å². The highest BCUT2D eigenvalue weighted by Crippen LogP contribution is 2.25. The molecule has 0 amide bonds. The summed E-state index contributed by atoms with van der Waals surface area (Å²) in [6.07, 6.45) is -4.50. The van der Waals surface area contributed by atoms with E-state index in [9.17, 15) is 27.6 Å². The van der Waals surface area contributed by atoms with Crippen molar-refractivity contribution >= 4 is 17.6 Å². The zero-order valence-corrected chi connectivity index (χ0v) is 12.7. The van der Waals surface area contributed by atoms with Crippen LogP contribution >= 0.6 is 0 Å². The molecular formula is C15H11F3N2O5. The van der Waals surface area contributed by atoms with E-state index in [2.05, 4.69) is 9.57 Å². The van der Waals surface area contributed by atoms with Gasteiger partial charge in [-0.1, -0.05) is 18.2 Å². The second kappa shape index (κ2) is 6.67. The molecule has 1 aromatic carbocycles. The van der Waals surface area contributed by atoms with E-state index >= 15 is 0 Å². The Morgan fingerprint density at radius 3 is 2.40 bits per heavy atom. The summed E-state index contributed by atoms with van der Waals surface area (Å²) in [5.74, 6) is -3.73. The predicted molar refractivity (Wildman–Crippen MR) is 79.5 cm³/mol. The van der Waals surface area contributed by atoms with Gasteiger partial charge in [0.1, 0.15) is 5.56 Å². The Labute approximate surface area is 138 Å². The SMILES string of the molecule is COC(=O)c1cc(-c2ccccc2N)cn(OC(=O)C(F)(F)F)c1=O. The Balaban J connectivity index is 2.65. The summed E-state index contributed by atoms with van der Waals surface area (Å²) in [5.41, 5.74) is 4.48. The molecule has 25 heavy (non-hydrogen) atoms. The molecule has 0 aliphatic carbocycles. The Morgan fingerprint density at radius 1 is 1.20 bits per heavy atom. The number of alkyl halides is 3. The molecule has 0 spiro atoms. The van der Waals surface area contributed by atoms with Crippen molar-refractivity contribution in [2.24, 2.45) is 0 Å². The molecule has 0 unspecified atom stereocenters. The van der Waals surface area contributed by atoms with Gasteiger partial charge in [0.2, 0.25) is 0 Å². The molecule has 2 N–H and O–H groups in total. The molecule has 132 valence electrons. The maximum Gasteiger partial charge on any atom is 0.493 e. The number of benzene rings is 1. The van der Waals surface area contributed by atoms with Gasteiger partial charge in [0.05, 0.1) is 13.3 Å². The number of nitrogens with two attached hydrogens (primary N) is 1. The van der Waals surface area contributed by atoms with Crippen LogP contribution in [0.2, 0.25) is 0 Å². The number of carbonyl (C=O) groups is 2. The molecule has 0 fully saturated rings. The minimum atomic E-state index is -5.33. The number of methoxy groups -OCH3 is 1. The molecule has 1 heterocycles. The molecule has 0 radical (unpaired) electrons. The van der Waals surface area contributed by atoms with Gasteiger partial charge in [-0.3, -0.25) is 4.79 Å². The normalized spacial score (nSPS) is 11.0. The Kier molecular flexibility index (Phi) is 4.82. The van der Waals surface area contributed by atoms with Crippen LogP contribution in [0.1, 0.15) is 10.4 Å². The fourth-order valence-electron chi connectivity index (χ4n) is 1.93. The summed E-state index contributed by atoms with van der Waals surface area (Å²) in [5, 5.41) is 0. The first kappa shape index (κ1) is 18.0. The third kappa shape index (κ3) is 3.79. The molecular weight excluding hydrogens is 345 g/mol. The zero-order valence-electron chi connectivity index (χ0n) is 12.7. The standard InChI is InChI=1S/C15H11F3N2O5/c1-24-13(22)10-6-8(9-4-2-3-5-11(9)19)7-20(12(10)21)25-14(23)15(16,17)18/h2-7H,19H2,1H3. The first-order valence-electron chi connectivity index (χ1n) is 6.64. The number of anilines is 1.